The van der Waals surface area contributed by atoms with E-state index in [1.54, 1.807) is 23.1 Å². The number of thioether (sulfide) groups is 1. The van der Waals surface area contributed by atoms with Crippen LogP contribution in [0.5, 0.6) is 0 Å². The number of aromatic amines is 1. The molecule has 0 spiro atoms. The molecular weight excluding hydrogens is 398 g/mol. The molecule has 1 aliphatic heterocycles. The van der Waals surface area contributed by atoms with Crippen LogP contribution in [0.4, 0.5) is 11.4 Å². The van der Waals surface area contributed by atoms with Crippen molar-refractivity contribution in [3.05, 3.63) is 94.5 Å². The number of rotatable bonds is 4. The van der Waals surface area contributed by atoms with Crippen molar-refractivity contribution >= 4 is 39.9 Å². The van der Waals surface area contributed by atoms with Crippen molar-refractivity contribution in [1.82, 2.24) is 4.98 Å². The molecule has 1 atom stereocenters. The van der Waals surface area contributed by atoms with Crippen molar-refractivity contribution in [1.29, 1.82) is 0 Å². The van der Waals surface area contributed by atoms with E-state index in [9.17, 15) is 14.9 Å². The predicted octanol–water partition coefficient (Wildman–Crippen LogP) is 5.52. The van der Waals surface area contributed by atoms with Gasteiger partial charge in [-0.15, -0.1) is 11.8 Å². The van der Waals surface area contributed by atoms with E-state index in [1.807, 2.05) is 54.6 Å². The normalized spacial score (nSPS) is 16.3. The van der Waals surface area contributed by atoms with Gasteiger partial charge >= 0.3 is 0 Å². The topological polar surface area (TPSA) is 79.2 Å². The molecule has 0 bridgehead atoms. The number of nitrogens with one attached hydrogen (secondary N) is 1. The molecular formula is C23H17N3O3S. The Bertz CT molecular complexity index is 1270. The van der Waals surface area contributed by atoms with E-state index in [4.69, 9.17) is 0 Å². The van der Waals surface area contributed by atoms with Gasteiger partial charge < -0.3 is 4.98 Å². The Morgan fingerprint density at radius 1 is 0.967 bits per heavy atom. The Morgan fingerprint density at radius 3 is 2.47 bits per heavy atom. The molecule has 1 aliphatic rings. The van der Waals surface area contributed by atoms with Crippen molar-refractivity contribution in [3.63, 3.8) is 0 Å². The summed E-state index contributed by atoms with van der Waals surface area (Å²) >= 11 is 1.41. The van der Waals surface area contributed by atoms with Gasteiger partial charge in [0.05, 0.1) is 27.6 Å². The lowest BCUT2D eigenvalue weighted by Crippen LogP contribution is -2.28. The molecule has 3 aromatic carbocycles. The number of carbonyl (C=O) groups excluding carboxylic acids is 1. The first kappa shape index (κ1) is 18.4. The molecule has 1 N–H and O–H groups in total. The fourth-order valence-corrected chi connectivity index (χ4v) is 5.14. The highest BCUT2D eigenvalue weighted by Gasteiger charge is 2.39. The Balaban J connectivity index is 1.75. The molecule has 4 aromatic rings. The van der Waals surface area contributed by atoms with Gasteiger partial charge in [-0.3, -0.25) is 19.8 Å². The van der Waals surface area contributed by atoms with Gasteiger partial charge in [0, 0.05) is 22.5 Å². The van der Waals surface area contributed by atoms with Gasteiger partial charge in [0.1, 0.15) is 5.37 Å². The van der Waals surface area contributed by atoms with Crippen molar-refractivity contribution in [2.75, 3.05) is 10.7 Å². The molecule has 7 heteroatoms. The highest BCUT2D eigenvalue weighted by atomic mass is 32.2. The van der Waals surface area contributed by atoms with Crippen LogP contribution in [0.15, 0.2) is 78.9 Å². The Kier molecular flexibility index (Phi) is 4.52. The van der Waals surface area contributed by atoms with Gasteiger partial charge in [-0.2, -0.15) is 0 Å². The average molecular weight is 415 g/mol. The number of hydrogen-bond donors (Lipinski definition) is 1. The lowest BCUT2D eigenvalue weighted by molar-refractivity contribution is -0.385. The van der Waals surface area contributed by atoms with Crippen LogP contribution in [0, 0.1) is 10.1 Å². The number of H-pyrrole nitrogens is 1. The summed E-state index contributed by atoms with van der Waals surface area (Å²) in [4.78, 5) is 29.5. The summed E-state index contributed by atoms with van der Waals surface area (Å²) in [5, 5.41) is 12.1. The maximum atomic E-state index is 13.1. The van der Waals surface area contributed by atoms with E-state index in [0.29, 0.717) is 5.56 Å². The average Bonchev–Trinajstić information content (AvgIpc) is 3.34. The highest BCUT2D eigenvalue weighted by molar-refractivity contribution is 8.00. The monoisotopic (exact) mass is 415 g/mol. The minimum atomic E-state index is -0.472. The van der Waals surface area contributed by atoms with E-state index in [-0.39, 0.29) is 22.3 Å². The van der Waals surface area contributed by atoms with Crippen LogP contribution in [0.3, 0.4) is 0 Å². The minimum absolute atomic E-state index is 0.0239. The summed E-state index contributed by atoms with van der Waals surface area (Å²) < 4.78 is 0. The highest BCUT2D eigenvalue weighted by Crippen LogP contribution is 2.49. The third-order valence-electron chi connectivity index (χ3n) is 5.25. The summed E-state index contributed by atoms with van der Waals surface area (Å²) in [6.07, 6.45) is 0. The molecule has 1 aromatic heterocycles. The molecule has 30 heavy (non-hydrogen) atoms. The molecule has 1 unspecified atom stereocenters. The summed E-state index contributed by atoms with van der Waals surface area (Å²) in [5.41, 5.74) is 4.01. The van der Waals surface area contributed by atoms with Crippen LogP contribution in [0.1, 0.15) is 10.9 Å². The van der Waals surface area contributed by atoms with Crippen molar-refractivity contribution < 1.29 is 9.72 Å². The lowest BCUT2D eigenvalue weighted by atomic mass is 10.1. The predicted molar refractivity (Wildman–Crippen MR) is 120 cm³/mol. The maximum absolute atomic E-state index is 13.1. The van der Waals surface area contributed by atoms with E-state index < -0.39 is 5.37 Å². The third-order valence-corrected chi connectivity index (χ3v) is 6.44. The number of benzene rings is 3. The maximum Gasteiger partial charge on any atom is 0.275 e. The van der Waals surface area contributed by atoms with Crippen LogP contribution in [0.25, 0.3) is 22.2 Å². The largest absolute Gasteiger partial charge is 0.353 e. The minimum Gasteiger partial charge on any atom is -0.353 e. The molecule has 2 heterocycles. The van der Waals surface area contributed by atoms with Gasteiger partial charge in [-0.05, 0) is 12.1 Å². The summed E-state index contributed by atoms with van der Waals surface area (Å²) in [6.45, 7) is 0. The molecule has 148 valence electrons. The number of anilines is 1. The first-order valence-electron chi connectivity index (χ1n) is 9.48. The SMILES string of the molecule is O=C1CSC(c2ccccc2[N+](=O)[O-])N1c1c(-c2ccccc2)[nH]c2ccccc12. The molecule has 0 aliphatic carbocycles. The number of amides is 1. The second-order valence-electron chi connectivity index (χ2n) is 7.00. The number of aromatic nitrogens is 1. The van der Waals surface area contributed by atoms with Gasteiger partial charge in [-0.25, -0.2) is 0 Å². The van der Waals surface area contributed by atoms with Gasteiger partial charge in [0.2, 0.25) is 5.91 Å². The fraction of sp³-hybridized carbons (Fsp3) is 0.0870. The van der Waals surface area contributed by atoms with Gasteiger partial charge in [0.25, 0.3) is 5.69 Å². The molecule has 1 saturated heterocycles. The third kappa shape index (κ3) is 2.95. The summed E-state index contributed by atoms with van der Waals surface area (Å²) in [7, 11) is 0. The van der Waals surface area contributed by atoms with Crippen molar-refractivity contribution in [3.8, 4) is 11.3 Å². The second kappa shape index (κ2) is 7.35. The van der Waals surface area contributed by atoms with Crippen LogP contribution in [-0.4, -0.2) is 21.6 Å². The molecule has 1 fully saturated rings. The number of hydrogen-bond acceptors (Lipinski definition) is 4. The number of fused-ring (bicyclic) bond motifs is 1. The molecule has 6 nitrogen and oxygen atoms in total. The Hall–Kier alpha value is -3.58. The Morgan fingerprint density at radius 2 is 1.67 bits per heavy atom. The van der Waals surface area contributed by atoms with Crippen LogP contribution < -0.4 is 4.90 Å². The van der Waals surface area contributed by atoms with Crippen molar-refractivity contribution in [2.45, 2.75) is 5.37 Å². The zero-order chi connectivity index (χ0) is 20.7. The van der Waals surface area contributed by atoms with Crippen LogP contribution >= 0.6 is 11.8 Å². The van der Waals surface area contributed by atoms with Gasteiger partial charge in [-0.1, -0.05) is 60.7 Å². The van der Waals surface area contributed by atoms with Crippen molar-refractivity contribution in [2.24, 2.45) is 0 Å². The lowest BCUT2D eigenvalue weighted by Gasteiger charge is -2.25. The summed E-state index contributed by atoms with van der Waals surface area (Å²) in [5.74, 6) is 0.204. The second-order valence-corrected chi connectivity index (χ2v) is 8.07. The number of carbonyl (C=O) groups is 1. The molecule has 0 saturated carbocycles. The first-order chi connectivity index (χ1) is 14.6. The van der Waals surface area contributed by atoms with Gasteiger partial charge in [0.15, 0.2) is 0 Å². The quantitative estimate of drug-likeness (QED) is 0.351. The van der Waals surface area contributed by atoms with Crippen LogP contribution in [-0.2, 0) is 4.79 Å². The van der Waals surface area contributed by atoms with E-state index in [1.165, 1.54) is 17.8 Å². The molecule has 5 rings (SSSR count). The Labute approximate surface area is 176 Å². The smallest absolute Gasteiger partial charge is 0.275 e. The first-order valence-corrected chi connectivity index (χ1v) is 10.5. The standard InChI is InChI=1S/C23H17N3O3S/c27-20-14-30-23(17-11-5-7-13-19(17)26(28)29)25(20)22-16-10-4-6-12-18(16)24-21(22)15-8-2-1-3-9-15/h1-13,23-24H,14H2. The summed E-state index contributed by atoms with van der Waals surface area (Å²) in [6, 6.07) is 24.3. The number of nitro benzene ring substituents is 1. The molecule has 0 radical (unpaired) electrons. The van der Waals surface area contributed by atoms with Crippen LogP contribution in [0.2, 0.25) is 0 Å². The fourth-order valence-electron chi connectivity index (χ4n) is 3.95. The number of nitro groups is 1. The number of para-hydroxylation sites is 2. The zero-order valence-electron chi connectivity index (χ0n) is 15.8. The number of nitrogens with zero attached hydrogens (tertiary/aromatic N) is 2. The molecule has 1 amide bonds. The van der Waals surface area contributed by atoms with E-state index >= 15 is 0 Å². The zero-order valence-corrected chi connectivity index (χ0v) is 16.6. The van der Waals surface area contributed by atoms with E-state index in [0.717, 1.165) is 27.8 Å². The van der Waals surface area contributed by atoms with E-state index in [2.05, 4.69) is 4.98 Å².